The standard InChI is InChI=1S/C12H9BrCl2O2S/c1-17-9-4-6(13)2-3-7(9)11(16)8-5-10(14)18-12(8)15/h2-5,11,16H,1H3. The zero-order valence-electron chi connectivity index (χ0n) is 9.28. The molecule has 96 valence electrons. The van der Waals surface area contributed by atoms with E-state index in [1.807, 2.05) is 6.07 Å². The Balaban J connectivity index is 2.45. The van der Waals surface area contributed by atoms with E-state index in [0.29, 0.717) is 25.5 Å². The second kappa shape index (κ2) is 5.80. The van der Waals surface area contributed by atoms with Crippen LogP contribution in [-0.4, -0.2) is 12.2 Å². The fourth-order valence-corrected chi connectivity index (χ4v) is 3.48. The maximum absolute atomic E-state index is 10.4. The van der Waals surface area contributed by atoms with Crippen LogP contribution in [-0.2, 0) is 0 Å². The smallest absolute Gasteiger partial charge is 0.126 e. The van der Waals surface area contributed by atoms with E-state index in [1.165, 1.54) is 11.3 Å². The molecule has 0 saturated heterocycles. The molecule has 18 heavy (non-hydrogen) atoms. The molecule has 0 aliphatic rings. The van der Waals surface area contributed by atoms with Gasteiger partial charge in [-0.25, -0.2) is 0 Å². The van der Waals surface area contributed by atoms with Crippen LogP contribution < -0.4 is 4.74 Å². The van der Waals surface area contributed by atoms with Crippen LogP contribution in [0.2, 0.25) is 8.67 Å². The molecular weight excluding hydrogens is 359 g/mol. The van der Waals surface area contributed by atoms with E-state index >= 15 is 0 Å². The van der Waals surface area contributed by atoms with Crippen molar-refractivity contribution in [1.82, 2.24) is 0 Å². The van der Waals surface area contributed by atoms with Gasteiger partial charge in [0.1, 0.15) is 16.2 Å². The van der Waals surface area contributed by atoms with Crippen molar-refractivity contribution in [3.8, 4) is 5.75 Å². The number of benzene rings is 1. The Kier molecular flexibility index (Phi) is 4.56. The Morgan fingerprint density at radius 3 is 2.56 bits per heavy atom. The lowest BCUT2D eigenvalue weighted by molar-refractivity contribution is 0.215. The fourth-order valence-electron chi connectivity index (χ4n) is 1.62. The number of thiophene rings is 1. The number of halogens is 3. The molecule has 1 aromatic heterocycles. The highest BCUT2D eigenvalue weighted by molar-refractivity contribution is 9.10. The Bertz CT molecular complexity index is 571. The lowest BCUT2D eigenvalue weighted by Crippen LogP contribution is -2.01. The highest BCUT2D eigenvalue weighted by atomic mass is 79.9. The van der Waals surface area contributed by atoms with Gasteiger partial charge in [-0.15, -0.1) is 11.3 Å². The van der Waals surface area contributed by atoms with E-state index in [9.17, 15) is 5.11 Å². The van der Waals surface area contributed by atoms with Gasteiger partial charge in [-0.2, -0.15) is 0 Å². The van der Waals surface area contributed by atoms with Gasteiger partial charge in [-0.3, -0.25) is 0 Å². The molecule has 0 fully saturated rings. The maximum atomic E-state index is 10.4. The summed E-state index contributed by atoms with van der Waals surface area (Å²) in [4.78, 5) is 0. The SMILES string of the molecule is COc1cc(Br)ccc1C(O)c1cc(Cl)sc1Cl. The second-order valence-electron chi connectivity index (χ2n) is 3.57. The summed E-state index contributed by atoms with van der Waals surface area (Å²) >= 11 is 16.5. The molecule has 1 atom stereocenters. The zero-order valence-corrected chi connectivity index (χ0v) is 13.2. The molecular formula is C12H9BrCl2O2S. The first-order chi connectivity index (χ1) is 8.52. The molecule has 0 radical (unpaired) electrons. The zero-order chi connectivity index (χ0) is 13.3. The molecule has 1 heterocycles. The van der Waals surface area contributed by atoms with E-state index in [-0.39, 0.29) is 0 Å². The van der Waals surface area contributed by atoms with Crippen LogP contribution in [0.25, 0.3) is 0 Å². The topological polar surface area (TPSA) is 29.5 Å². The molecule has 1 aromatic carbocycles. The van der Waals surface area contributed by atoms with Crippen LogP contribution >= 0.6 is 50.5 Å². The summed E-state index contributed by atoms with van der Waals surface area (Å²) in [6.45, 7) is 0. The average molecular weight is 368 g/mol. The number of ether oxygens (including phenoxy) is 1. The number of hydrogen-bond acceptors (Lipinski definition) is 3. The Morgan fingerprint density at radius 1 is 1.28 bits per heavy atom. The van der Waals surface area contributed by atoms with Gasteiger partial charge in [-0.05, 0) is 18.2 Å². The van der Waals surface area contributed by atoms with Crippen molar-refractivity contribution in [2.75, 3.05) is 7.11 Å². The first-order valence-corrected chi connectivity index (χ1v) is 7.35. The summed E-state index contributed by atoms with van der Waals surface area (Å²) in [6, 6.07) is 7.08. The van der Waals surface area contributed by atoms with Crippen LogP contribution in [0.3, 0.4) is 0 Å². The van der Waals surface area contributed by atoms with Gasteiger partial charge in [0.2, 0.25) is 0 Å². The lowest BCUT2D eigenvalue weighted by Gasteiger charge is -2.14. The van der Waals surface area contributed by atoms with Crippen LogP contribution in [0, 0.1) is 0 Å². The molecule has 0 aliphatic carbocycles. The molecule has 1 N–H and O–H groups in total. The number of methoxy groups -OCH3 is 1. The fraction of sp³-hybridized carbons (Fsp3) is 0.167. The minimum absolute atomic E-state index is 0.484. The van der Waals surface area contributed by atoms with Crippen LogP contribution in [0.1, 0.15) is 17.2 Å². The molecule has 2 nitrogen and oxygen atoms in total. The van der Waals surface area contributed by atoms with Gasteiger partial charge in [-0.1, -0.05) is 45.2 Å². The van der Waals surface area contributed by atoms with E-state index in [0.717, 1.165) is 4.47 Å². The van der Waals surface area contributed by atoms with E-state index in [2.05, 4.69) is 15.9 Å². The molecule has 0 aliphatic heterocycles. The summed E-state index contributed by atoms with van der Waals surface area (Å²) in [5.74, 6) is 0.593. The van der Waals surface area contributed by atoms with Crippen molar-refractivity contribution in [2.45, 2.75) is 6.10 Å². The average Bonchev–Trinajstić information content (AvgIpc) is 2.67. The van der Waals surface area contributed by atoms with Gasteiger partial charge in [0.15, 0.2) is 0 Å². The third-order valence-electron chi connectivity index (χ3n) is 2.47. The van der Waals surface area contributed by atoms with Gasteiger partial charge < -0.3 is 9.84 Å². The largest absolute Gasteiger partial charge is 0.496 e. The molecule has 2 aromatic rings. The van der Waals surface area contributed by atoms with Crippen molar-refractivity contribution in [3.05, 3.63) is 48.5 Å². The quantitative estimate of drug-likeness (QED) is 0.835. The van der Waals surface area contributed by atoms with E-state index in [4.69, 9.17) is 27.9 Å². The minimum Gasteiger partial charge on any atom is -0.496 e. The normalized spacial score (nSPS) is 12.5. The third kappa shape index (κ3) is 2.83. The van der Waals surface area contributed by atoms with Crippen molar-refractivity contribution in [1.29, 1.82) is 0 Å². The molecule has 0 spiro atoms. The Hall–Kier alpha value is -0.260. The third-order valence-corrected chi connectivity index (χ3v) is 4.48. The van der Waals surface area contributed by atoms with E-state index in [1.54, 1.807) is 25.3 Å². The van der Waals surface area contributed by atoms with Gasteiger partial charge in [0.05, 0.1) is 11.4 Å². The highest BCUT2D eigenvalue weighted by Gasteiger charge is 2.20. The summed E-state index contributed by atoms with van der Waals surface area (Å²) in [6.07, 6.45) is -0.857. The van der Waals surface area contributed by atoms with Crippen molar-refractivity contribution >= 4 is 50.5 Å². The van der Waals surface area contributed by atoms with Gasteiger partial charge in [0.25, 0.3) is 0 Å². The molecule has 6 heteroatoms. The number of aliphatic hydroxyl groups is 1. The maximum Gasteiger partial charge on any atom is 0.126 e. The van der Waals surface area contributed by atoms with Crippen molar-refractivity contribution in [2.24, 2.45) is 0 Å². The summed E-state index contributed by atoms with van der Waals surface area (Å²) in [5, 5.41) is 10.4. The Morgan fingerprint density at radius 2 is 2.00 bits per heavy atom. The molecule has 0 bridgehead atoms. The number of aliphatic hydroxyl groups excluding tert-OH is 1. The lowest BCUT2D eigenvalue weighted by atomic mass is 10.0. The van der Waals surface area contributed by atoms with Crippen molar-refractivity contribution in [3.63, 3.8) is 0 Å². The summed E-state index contributed by atoms with van der Waals surface area (Å²) in [7, 11) is 1.56. The predicted molar refractivity (Wildman–Crippen MR) is 79.1 cm³/mol. The second-order valence-corrected chi connectivity index (χ2v) is 6.77. The first-order valence-electron chi connectivity index (χ1n) is 4.99. The van der Waals surface area contributed by atoms with Crippen LogP contribution in [0.15, 0.2) is 28.7 Å². The number of hydrogen-bond donors (Lipinski definition) is 1. The first kappa shape index (κ1) is 14.2. The van der Waals surface area contributed by atoms with Crippen molar-refractivity contribution < 1.29 is 9.84 Å². The predicted octanol–water partition coefficient (Wildman–Crippen LogP) is 4.91. The molecule has 0 saturated carbocycles. The molecule has 2 rings (SSSR count). The monoisotopic (exact) mass is 366 g/mol. The highest BCUT2D eigenvalue weighted by Crippen LogP contribution is 2.40. The molecule has 0 amide bonds. The van der Waals surface area contributed by atoms with Crippen LogP contribution in [0.4, 0.5) is 0 Å². The van der Waals surface area contributed by atoms with Crippen LogP contribution in [0.5, 0.6) is 5.75 Å². The van der Waals surface area contributed by atoms with Gasteiger partial charge >= 0.3 is 0 Å². The van der Waals surface area contributed by atoms with Gasteiger partial charge in [0, 0.05) is 15.6 Å². The van der Waals surface area contributed by atoms with E-state index < -0.39 is 6.10 Å². The summed E-state index contributed by atoms with van der Waals surface area (Å²) < 4.78 is 7.16. The number of rotatable bonds is 3. The molecule has 1 unspecified atom stereocenters. The minimum atomic E-state index is -0.857. The Labute approximate surface area is 127 Å². The summed E-state index contributed by atoms with van der Waals surface area (Å²) in [5.41, 5.74) is 1.24.